The molecule has 0 aliphatic carbocycles. The van der Waals surface area contributed by atoms with Crippen LogP contribution in [-0.2, 0) is 28.4 Å². The summed E-state index contributed by atoms with van der Waals surface area (Å²) in [6.45, 7) is 3.76. The molecule has 23 heavy (non-hydrogen) atoms. The molecule has 2 aromatic heterocycles. The van der Waals surface area contributed by atoms with Crippen LogP contribution in [0, 0.1) is 5.92 Å². The smallest absolute Gasteiger partial charge is 0.259 e. The third-order valence-electron chi connectivity index (χ3n) is 4.05. The Labute approximate surface area is 135 Å². The average molecular weight is 339 g/mol. The molecule has 1 fully saturated rings. The van der Waals surface area contributed by atoms with E-state index in [2.05, 4.69) is 14.7 Å². The number of rotatable bonds is 6. The Morgan fingerprint density at radius 1 is 1.43 bits per heavy atom. The first-order valence-corrected chi connectivity index (χ1v) is 9.10. The number of sulfonamides is 1. The summed E-state index contributed by atoms with van der Waals surface area (Å²) < 4.78 is 36.6. The van der Waals surface area contributed by atoms with Gasteiger partial charge in [0.1, 0.15) is 11.9 Å². The zero-order valence-corrected chi connectivity index (χ0v) is 14.0. The van der Waals surface area contributed by atoms with E-state index in [-0.39, 0.29) is 17.0 Å². The Morgan fingerprint density at radius 3 is 2.96 bits per heavy atom. The van der Waals surface area contributed by atoms with Crippen LogP contribution in [0.2, 0.25) is 0 Å². The van der Waals surface area contributed by atoms with E-state index in [4.69, 9.17) is 4.74 Å². The van der Waals surface area contributed by atoms with Crippen molar-refractivity contribution in [3.05, 3.63) is 30.7 Å². The van der Waals surface area contributed by atoms with E-state index in [1.165, 1.54) is 12.5 Å². The lowest BCUT2D eigenvalue weighted by molar-refractivity contribution is 0.0816. The largest absolute Gasteiger partial charge is 0.370 e. The molecular formula is C14H21N5O3S. The number of aryl methyl sites for hydroxylation is 2. The SMILES string of the molecule is CCn1ccnc1[C@@H]1OCC[C@H]1CNS(=O)(=O)c1cn(C)cn1. The van der Waals surface area contributed by atoms with E-state index >= 15 is 0 Å². The Bertz CT molecular complexity index is 767. The molecule has 0 unspecified atom stereocenters. The fraction of sp³-hybridized carbons (Fsp3) is 0.571. The van der Waals surface area contributed by atoms with Crippen LogP contribution in [0.5, 0.6) is 0 Å². The normalized spacial score (nSPS) is 21.8. The first-order chi connectivity index (χ1) is 11.0. The Balaban J connectivity index is 1.70. The predicted octanol–water partition coefficient (Wildman–Crippen LogP) is 0.693. The van der Waals surface area contributed by atoms with Gasteiger partial charge in [-0.05, 0) is 13.3 Å². The number of nitrogens with one attached hydrogen (secondary N) is 1. The number of aromatic nitrogens is 4. The highest BCUT2D eigenvalue weighted by Gasteiger charge is 2.33. The second-order valence-corrected chi connectivity index (χ2v) is 7.35. The van der Waals surface area contributed by atoms with Gasteiger partial charge < -0.3 is 13.9 Å². The van der Waals surface area contributed by atoms with Gasteiger partial charge in [0.25, 0.3) is 10.0 Å². The molecule has 0 spiro atoms. The van der Waals surface area contributed by atoms with Gasteiger partial charge in [-0.1, -0.05) is 0 Å². The molecule has 126 valence electrons. The fourth-order valence-corrected chi connectivity index (χ4v) is 3.86. The number of nitrogens with zero attached hydrogens (tertiary/aromatic N) is 4. The minimum atomic E-state index is -3.60. The van der Waals surface area contributed by atoms with Crippen molar-refractivity contribution in [1.82, 2.24) is 23.8 Å². The van der Waals surface area contributed by atoms with Crippen molar-refractivity contribution in [3.8, 4) is 0 Å². The lowest BCUT2D eigenvalue weighted by Gasteiger charge is -2.19. The minimum absolute atomic E-state index is 0.0329. The third kappa shape index (κ3) is 3.31. The molecule has 0 saturated carbocycles. The van der Waals surface area contributed by atoms with E-state index in [0.29, 0.717) is 13.2 Å². The predicted molar refractivity (Wildman–Crippen MR) is 83.1 cm³/mol. The molecule has 8 nitrogen and oxygen atoms in total. The first kappa shape index (κ1) is 16.2. The molecule has 0 radical (unpaired) electrons. The van der Waals surface area contributed by atoms with Crippen molar-refractivity contribution < 1.29 is 13.2 Å². The maximum Gasteiger partial charge on any atom is 0.259 e. The van der Waals surface area contributed by atoms with Gasteiger partial charge in [0.15, 0.2) is 5.03 Å². The Hall–Kier alpha value is -1.71. The summed E-state index contributed by atoms with van der Waals surface area (Å²) >= 11 is 0. The van der Waals surface area contributed by atoms with E-state index in [9.17, 15) is 8.42 Å². The molecule has 9 heteroatoms. The highest BCUT2D eigenvalue weighted by Crippen LogP contribution is 2.33. The summed E-state index contributed by atoms with van der Waals surface area (Å²) in [6.07, 6.45) is 7.22. The Morgan fingerprint density at radius 2 is 2.26 bits per heavy atom. The molecule has 2 aromatic rings. The van der Waals surface area contributed by atoms with Crippen molar-refractivity contribution >= 4 is 10.0 Å². The zero-order valence-electron chi connectivity index (χ0n) is 13.2. The van der Waals surface area contributed by atoms with Crippen LogP contribution in [0.25, 0.3) is 0 Å². The van der Waals surface area contributed by atoms with Gasteiger partial charge in [-0.3, -0.25) is 0 Å². The van der Waals surface area contributed by atoms with Gasteiger partial charge in [-0.2, -0.15) is 0 Å². The molecule has 1 saturated heterocycles. The van der Waals surface area contributed by atoms with Crippen molar-refractivity contribution in [2.75, 3.05) is 13.2 Å². The van der Waals surface area contributed by atoms with Gasteiger partial charge in [0.05, 0.1) is 6.33 Å². The Kier molecular flexibility index (Phi) is 4.51. The quantitative estimate of drug-likeness (QED) is 0.836. The van der Waals surface area contributed by atoms with Crippen LogP contribution in [0.1, 0.15) is 25.3 Å². The van der Waals surface area contributed by atoms with Crippen molar-refractivity contribution in [3.63, 3.8) is 0 Å². The molecule has 0 aromatic carbocycles. The number of hydrogen-bond donors (Lipinski definition) is 1. The van der Waals surface area contributed by atoms with Crippen LogP contribution >= 0.6 is 0 Å². The van der Waals surface area contributed by atoms with Crippen molar-refractivity contribution in [1.29, 1.82) is 0 Å². The van der Waals surface area contributed by atoms with Crippen LogP contribution in [0.15, 0.2) is 29.9 Å². The van der Waals surface area contributed by atoms with Crippen LogP contribution in [0.3, 0.4) is 0 Å². The third-order valence-corrected chi connectivity index (χ3v) is 5.36. The highest BCUT2D eigenvalue weighted by molar-refractivity contribution is 7.89. The van der Waals surface area contributed by atoms with Crippen LogP contribution in [0.4, 0.5) is 0 Å². The number of ether oxygens (including phenoxy) is 1. The lowest BCUT2D eigenvalue weighted by Crippen LogP contribution is -2.31. The summed E-state index contributed by atoms with van der Waals surface area (Å²) in [7, 11) is -1.87. The molecule has 3 heterocycles. The zero-order chi connectivity index (χ0) is 16.4. The number of imidazole rings is 2. The maximum absolute atomic E-state index is 12.3. The van der Waals surface area contributed by atoms with Gasteiger partial charge in [0.2, 0.25) is 0 Å². The average Bonchev–Trinajstić information content (AvgIpc) is 3.24. The second kappa shape index (κ2) is 6.42. The van der Waals surface area contributed by atoms with Gasteiger partial charge in [-0.15, -0.1) is 0 Å². The fourth-order valence-electron chi connectivity index (χ4n) is 2.79. The van der Waals surface area contributed by atoms with E-state index < -0.39 is 10.0 Å². The van der Waals surface area contributed by atoms with E-state index in [0.717, 1.165) is 18.8 Å². The topological polar surface area (TPSA) is 91.0 Å². The lowest BCUT2D eigenvalue weighted by atomic mass is 10.0. The van der Waals surface area contributed by atoms with E-state index in [1.807, 2.05) is 17.7 Å². The highest BCUT2D eigenvalue weighted by atomic mass is 32.2. The standard InChI is InChI=1S/C14H21N5O3S/c1-3-19-6-5-15-14(19)13-11(4-7-22-13)8-17-23(20,21)12-9-18(2)10-16-12/h5-6,9-11,13,17H,3-4,7-8H2,1-2H3/t11-,13+/m0/s1. The summed E-state index contributed by atoms with van der Waals surface area (Å²) in [6, 6.07) is 0. The number of hydrogen-bond acceptors (Lipinski definition) is 5. The molecular weight excluding hydrogens is 318 g/mol. The van der Waals surface area contributed by atoms with Crippen LogP contribution in [-0.4, -0.2) is 40.7 Å². The van der Waals surface area contributed by atoms with Crippen molar-refractivity contribution in [2.24, 2.45) is 13.0 Å². The van der Waals surface area contributed by atoms with Gasteiger partial charge in [-0.25, -0.2) is 23.1 Å². The summed E-state index contributed by atoms with van der Waals surface area (Å²) in [5.74, 6) is 0.910. The molecule has 0 bridgehead atoms. The van der Waals surface area contributed by atoms with Crippen molar-refractivity contribution in [2.45, 2.75) is 31.0 Å². The molecule has 3 rings (SSSR count). The monoisotopic (exact) mass is 339 g/mol. The first-order valence-electron chi connectivity index (χ1n) is 7.61. The summed E-state index contributed by atoms with van der Waals surface area (Å²) in [5.41, 5.74) is 0. The van der Waals surface area contributed by atoms with E-state index in [1.54, 1.807) is 17.8 Å². The molecule has 1 aliphatic rings. The molecule has 2 atom stereocenters. The minimum Gasteiger partial charge on any atom is -0.370 e. The molecule has 1 N–H and O–H groups in total. The van der Waals surface area contributed by atoms with Gasteiger partial charge >= 0.3 is 0 Å². The van der Waals surface area contributed by atoms with Gasteiger partial charge in [0, 0.05) is 51.3 Å². The maximum atomic E-state index is 12.3. The molecule has 1 aliphatic heterocycles. The van der Waals surface area contributed by atoms with Crippen LogP contribution < -0.4 is 4.72 Å². The second-order valence-electron chi connectivity index (χ2n) is 5.64. The molecule has 0 amide bonds. The summed E-state index contributed by atoms with van der Waals surface area (Å²) in [4.78, 5) is 8.26. The summed E-state index contributed by atoms with van der Waals surface area (Å²) in [5, 5.41) is 0.0329.